The Hall–Kier alpha value is -2.02. The molecule has 0 amide bonds. The lowest BCUT2D eigenvalue weighted by atomic mass is 10.3. The Morgan fingerprint density at radius 1 is 0.706 bits per heavy atom. The summed E-state index contributed by atoms with van der Waals surface area (Å²) in [5.74, 6) is 0.767. The fourth-order valence-electron chi connectivity index (χ4n) is 2.07. The molecule has 2 rings (SSSR count). The van der Waals surface area contributed by atoms with Crippen LogP contribution >= 0.6 is 13.4 Å². The molecule has 0 heterocycles. The second-order valence-corrected chi connectivity index (χ2v) is 11.9. The topological polar surface area (TPSA) is 142 Å². The van der Waals surface area contributed by atoms with Crippen LogP contribution in [0, 0.1) is 20.2 Å². The molecule has 0 bridgehead atoms. The number of nitro benzene ring substituents is 2. The number of rotatable bonds is 12. The maximum atomic E-state index is 10.5. The van der Waals surface area contributed by atoms with E-state index in [2.05, 4.69) is 0 Å². The maximum absolute atomic E-state index is 10.5. The summed E-state index contributed by atoms with van der Waals surface area (Å²) in [6, 6.07) is 11.1. The lowest BCUT2D eigenvalue weighted by Crippen LogP contribution is -2.02. The number of hydrogen-bond acceptors (Lipinski definition) is 12. The zero-order valence-corrected chi connectivity index (χ0v) is 22.1. The lowest BCUT2D eigenvalue weighted by molar-refractivity contribution is -0.385. The molecular weight excluding hydrogens is 530 g/mol. The zero-order chi connectivity index (χ0) is 25.8. The highest BCUT2D eigenvalue weighted by Gasteiger charge is 2.21. The van der Waals surface area contributed by atoms with Crippen molar-refractivity contribution in [2.75, 3.05) is 27.4 Å². The number of non-ortho nitro benzene ring substituents is 2. The van der Waals surface area contributed by atoms with E-state index >= 15 is 0 Å². The van der Waals surface area contributed by atoms with Crippen LogP contribution in [-0.4, -0.2) is 37.3 Å². The van der Waals surface area contributed by atoms with Crippen LogP contribution in [0.15, 0.2) is 48.5 Å². The second-order valence-electron chi connectivity index (χ2n) is 5.78. The minimum Gasteiger partial charge on any atom is -0.424 e. The summed E-state index contributed by atoms with van der Waals surface area (Å²) >= 11 is 10.2. The van der Waals surface area contributed by atoms with Gasteiger partial charge in [0.15, 0.2) is 0 Å². The van der Waals surface area contributed by atoms with Crippen molar-refractivity contribution in [3.8, 4) is 11.5 Å². The summed E-state index contributed by atoms with van der Waals surface area (Å²) in [6.45, 7) is -1.25. The predicted octanol–water partition coefficient (Wildman–Crippen LogP) is 5.76. The third kappa shape index (κ3) is 10.1. The molecule has 0 spiro atoms. The fourth-order valence-corrected chi connectivity index (χ4v) is 5.09. The van der Waals surface area contributed by atoms with Gasteiger partial charge in [0, 0.05) is 62.1 Å². The summed E-state index contributed by atoms with van der Waals surface area (Å²) < 4.78 is 31.2. The largest absolute Gasteiger partial charge is 0.424 e. The third-order valence-electron chi connectivity index (χ3n) is 3.55. The van der Waals surface area contributed by atoms with E-state index in [0.29, 0.717) is 24.7 Å². The van der Waals surface area contributed by atoms with E-state index < -0.39 is 23.3 Å². The molecular formula is C18H24N2O10P2S2. The van der Waals surface area contributed by atoms with Gasteiger partial charge >= 0.3 is 13.4 Å². The molecule has 0 aliphatic carbocycles. The van der Waals surface area contributed by atoms with E-state index in [4.69, 9.17) is 50.8 Å². The first-order chi connectivity index (χ1) is 16.0. The van der Waals surface area contributed by atoms with Gasteiger partial charge in [-0.15, -0.1) is 0 Å². The van der Waals surface area contributed by atoms with E-state index in [1.165, 1.54) is 62.8 Å². The first kappa shape index (κ1) is 30.0. The van der Waals surface area contributed by atoms with Crippen LogP contribution in [-0.2, 0) is 41.7 Å². The van der Waals surface area contributed by atoms with Crippen LogP contribution < -0.4 is 9.05 Å². The SMILES string of the molecule is CCOP(=S)(OCC)Oc1ccc([N+](=O)[O-])cc1.COP(=S)(OC)Oc1ccc([N+](=O)[O-])cc1. The molecule has 0 aromatic heterocycles. The first-order valence-electron chi connectivity index (χ1n) is 9.50. The Bertz CT molecular complexity index is 1020. The van der Waals surface area contributed by atoms with Gasteiger partial charge in [0.05, 0.1) is 23.1 Å². The molecule has 0 radical (unpaired) electrons. The first-order valence-corrected chi connectivity index (χ1v) is 14.6. The van der Waals surface area contributed by atoms with Gasteiger partial charge in [-0.1, -0.05) is 0 Å². The maximum Gasteiger partial charge on any atom is 0.380 e. The van der Waals surface area contributed by atoms with Gasteiger partial charge in [-0.25, -0.2) is 0 Å². The van der Waals surface area contributed by atoms with Crippen LogP contribution in [0.3, 0.4) is 0 Å². The molecule has 0 saturated heterocycles. The summed E-state index contributed by atoms with van der Waals surface area (Å²) in [5.41, 5.74) is -0.0287. The van der Waals surface area contributed by atoms with Crippen LogP contribution in [0.2, 0.25) is 0 Å². The van der Waals surface area contributed by atoms with Crippen LogP contribution in [0.4, 0.5) is 11.4 Å². The predicted molar refractivity (Wildman–Crippen MR) is 133 cm³/mol. The molecule has 188 valence electrons. The third-order valence-corrected chi connectivity index (χ3v) is 8.44. The second kappa shape index (κ2) is 14.4. The highest BCUT2D eigenvalue weighted by molar-refractivity contribution is 8.08. The molecule has 0 aliphatic rings. The van der Waals surface area contributed by atoms with Crippen molar-refractivity contribution in [1.82, 2.24) is 0 Å². The summed E-state index contributed by atoms with van der Waals surface area (Å²) in [7, 11) is 2.77. The minimum absolute atomic E-state index is 0.0107. The molecule has 0 aliphatic heterocycles. The van der Waals surface area contributed by atoms with Crippen molar-refractivity contribution in [1.29, 1.82) is 0 Å². The van der Waals surface area contributed by atoms with Crippen molar-refractivity contribution >= 4 is 48.4 Å². The van der Waals surface area contributed by atoms with E-state index in [1.54, 1.807) is 13.8 Å². The van der Waals surface area contributed by atoms with Gasteiger partial charge in [-0.05, 0) is 38.1 Å². The molecule has 12 nitrogen and oxygen atoms in total. The Labute approximate surface area is 206 Å². The van der Waals surface area contributed by atoms with E-state index in [-0.39, 0.29) is 11.4 Å². The molecule has 34 heavy (non-hydrogen) atoms. The highest BCUT2D eigenvalue weighted by atomic mass is 32.5. The average molecular weight is 554 g/mol. The molecule has 16 heteroatoms. The van der Waals surface area contributed by atoms with Crippen molar-refractivity contribution in [3.05, 3.63) is 68.8 Å². The van der Waals surface area contributed by atoms with Crippen LogP contribution in [0.1, 0.15) is 13.8 Å². The molecule has 2 aromatic carbocycles. The molecule has 0 fully saturated rings. The Morgan fingerprint density at radius 3 is 1.29 bits per heavy atom. The molecule has 0 atom stereocenters. The van der Waals surface area contributed by atoms with E-state index in [9.17, 15) is 20.2 Å². The molecule has 0 unspecified atom stereocenters. The van der Waals surface area contributed by atoms with Gasteiger partial charge in [-0.2, -0.15) is 0 Å². The standard InChI is InChI=1S/C10H14NO5PS.C8H10NO5PS/c1-3-14-17(18,15-4-2)16-10-7-5-9(6-8-10)11(12)13;1-12-15(16,13-2)14-8-5-3-7(4-6-8)9(10)11/h5-8H,3-4H2,1-2H3;3-6H,1-2H3. The quantitative estimate of drug-likeness (QED) is 0.179. The van der Waals surface area contributed by atoms with Crippen molar-refractivity contribution in [3.63, 3.8) is 0 Å². The summed E-state index contributed by atoms with van der Waals surface area (Å²) in [6.07, 6.45) is 0. The Morgan fingerprint density at radius 2 is 1.03 bits per heavy atom. The van der Waals surface area contributed by atoms with Crippen LogP contribution in [0.5, 0.6) is 11.5 Å². The van der Waals surface area contributed by atoms with Crippen molar-refractivity contribution in [2.45, 2.75) is 13.8 Å². The number of nitrogens with zero attached hydrogens (tertiary/aromatic N) is 2. The smallest absolute Gasteiger partial charge is 0.380 e. The number of benzene rings is 2. The molecule has 2 aromatic rings. The van der Waals surface area contributed by atoms with Crippen molar-refractivity contribution < 1.29 is 37.0 Å². The Kier molecular flexibility index (Phi) is 12.7. The van der Waals surface area contributed by atoms with Gasteiger partial charge in [0.1, 0.15) is 11.5 Å². The fraction of sp³-hybridized carbons (Fsp3) is 0.333. The molecule has 0 saturated carbocycles. The lowest BCUT2D eigenvalue weighted by Gasteiger charge is -2.20. The molecule has 0 N–H and O–H groups in total. The minimum atomic E-state index is -2.82. The number of hydrogen-bond donors (Lipinski definition) is 0. The average Bonchev–Trinajstić information content (AvgIpc) is 2.80. The van der Waals surface area contributed by atoms with Crippen LogP contribution in [0.25, 0.3) is 0 Å². The Balaban J connectivity index is 0.000000342. The highest BCUT2D eigenvalue weighted by Crippen LogP contribution is 2.50. The summed E-state index contributed by atoms with van der Waals surface area (Å²) in [5, 5.41) is 20.9. The monoisotopic (exact) mass is 554 g/mol. The van der Waals surface area contributed by atoms with Crippen molar-refractivity contribution in [2.24, 2.45) is 0 Å². The van der Waals surface area contributed by atoms with Gasteiger partial charge in [0.2, 0.25) is 0 Å². The zero-order valence-electron chi connectivity index (χ0n) is 18.7. The summed E-state index contributed by atoms with van der Waals surface area (Å²) in [4.78, 5) is 19.9. The normalized spacial score (nSPS) is 11.2. The van der Waals surface area contributed by atoms with E-state index in [1.807, 2.05) is 0 Å². The van der Waals surface area contributed by atoms with Gasteiger partial charge in [-0.3, -0.25) is 29.3 Å². The van der Waals surface area contributed by atoms with Gasteiger partial charge < -0.3 is 18.1 Å². The van der Waals surface area contributed by atoms with Gasteiger partial charge in [0.25, 0.3) is 11.4 Å². The van der Waals surface area contributed by atoms with E-state index in [0.717, 1.165) is 0 Å². The number of nitro groups is 2.